The minimum atomic E-state index is -0.526. The molecule has 2 heterocycles. The number of hydrogen-bond donors (Lipinski definition) is 0. The third-order valence-corrected chi connectivity index (χ3v) is 4.07. The molecule has 102 valence electrons. The first-order valence-electron chi connectivity index (χ1n) is 6.50. The number of fused-ring (bicyclic) bond motifs is 1. The van der Waals surface area contributed by atoms with Crippen LogP contribution in [0.15, 0.2) is 18.2 Å². The molecule has 0 radical (unpaired) electrons. The van der Waals surface area contributed by atoms with Crippen LogP contribution in [0.1, 0.15) is 5.56 Å². The first kappa shape index (κ1) is 12.5. The second-order valence-corrected chi connectivity index (χ2v) is 5.55. The molecular formula is C14H16F2N2O. The van der Waals surface area contributed by atoms with Gasteiger partial charge in [-0.05, 0) is 29.5 Å². The molecule has 2 unspecified atom stereocenters. The van der Waals surface area contributed by atoms with E-state index in [4.69, 9.17) is 0 Å². The zero-order chi connectivity index (χ0) is 13.4. The van der Waals surface area contributed by atoms with Gasteiger partial charge < -0.3 is 4.90 Å². The molecule has 0 bridgehead atoms. The van der Waals surface area contributed by atoms with E-state index in [0.717, 1.165) is 38.7 Å². The molecule has 2 atom stereocenters. The molecule has 1 amide bonds. The number of benzene rings is 1. The van der Waals surface area contributed by atoms with E-state index in [1.54, 1.807) is 0 Å². The lowest BCUT2D eigenvalue weighted by Gasteiger charge is -2.19. The normalized spacial score (nSPS) is 26.7. The summed E-state index contributed by atoms with van der Waals surface area (Å²) in [6.45, 7) is 3.98. The number of nitrogens with zero attached hydrogens (tertiary/aromatic N) is 2. The predicted molar refractivity (Wildman–Crippen MR) is 66.3 cm³/mol. The highest BCUT2D eigenvalue weighted by Crippen LogP contribution is 2.31. The van der Waals surface area contributed by atoms with Crippen LogP contribution in [0.5, 0.6) is 0 Å². The molecule has 2 aliphatic rings. The molecule has 0 spiro atoms. The number of likely N-dealkylation sites (tertiary alicyclic amines) is 2. The molecule has 0 N–H and O–H groups in total. The summed E-state index contributed by atoms with van der Waals surface area (Å²) in [5, 5.41) is 0. The zero-order valence-corrected chi connectivity index (χ0v) is 10.6. The van der Waals surface area contributed by atoms with Gasteiger partial charge >= 0.3 is 0 Å². The summed E-state index contributed by atoms with van der Waals surface area (Å²) in [5.41, 5.74) is 0.671. The van der Waals surface area contributed by atoms with Crippen LogP contribution in [0.4, 0.5) is 8.78 Å². The Kier molecular flexibility index (Phi) is 3.22. The molecule has 0 aromatic heterocycles. The van der Waals surface area contributed by atoms with E-state index >= 15 is 0 Å². The van der Waals surface area contributed by atoms with Crippen molar-refractivity contribution in [1.29, 1.82) is 0 Å². The van der Waals surface area contributed by atoms with Gasteiger partial charge in [0, 0.05) is 38.8 Å². The van der Waals surface area contributed by atoms with Gasteiger partial charge in [0.1, 0.15) is 11.6 Å². The highest BCUT2D eigenvalue weighted by Gasteiger charge is 2.39. The largest absolute Gasteiger partial charge is 0.345 e. The number of halogens is 2. The molecule has 3 nitrogen and oxygen atoms in total. The average Bonchev–Trinajstić information content (AvgIpc) is 2.84. The van der Waals surface area contributed by atoms with Crippen molar-refractivity contribution < 1.29 is 13.6 Å². The molecule has 2 fully saturated rings. The maximum absolute atomic E-state index is 13.1. The van der Waals surface area contributed by atoms with Crippen molar-refractivity contribution in [3.05, 3.63) is 35.4 Å². The number of rotatable bonds is 3. The molecule has 5 heteroatoms. The Morgan fingerprint density at radius 3 is 2.16 bits per heavy atom. The van der Waals surface area contributed by atoms with E-state index in [-0.39, 0.29) is 0 Å². The summed E-state index contributed by atoms with van der Waals surface area (Å²) >= 11 is 0. The van der Waals surface area contributed by atoms with Crippen molar-refractivity contribution >= 4 is 6.41 Å². The van der Waals surface area contributed by atoms with Crippen LogP contribution in [-0.4, -0.2) is 42.4 Å². The van der Waals surface area contributed by atoms with Crippen LogP contribution in [0.2, 0.25) is 0 Å². The lowest BCUT2D eigenvalue weighted by molar-refractivity contribution is -0.117. The van der Waals surface area contributed by atoms with Crippen LogP contribution in [-0.2, 0) is 11.3 Å². The van der Waals surface area contributed by atoms with Crippen LogP contribution in [0, 0.1) is 23.5 Å². The topological polar surface area (TPSA) is 23.6 Å². The Bertz CT molecular complexity index is 460. The monoisotopic (exact) mass is 266 g/mol. The summed E-state index contributed by atoms with van der Waals surface area (Å²) < 4.78 is 26.3. The Morgan fingerprint density at radius 2 is 1.63 bits per heavy atom. The van der Waals surface area contributed by atoms with Crippen molar-refractivity contribution in [1.82, 2.24) is 9.80 Å². The highest BCUT2D eigenvalue weighted by atomic mass is 19.1. The molecule has 3 rings (SSSR count). The average molecular weight is 266 g/mol. The first-order chi connectivity index (χ1) is 9.14. The summed E-state index contributed by atoms with van der Waals surface area (Å²) in [7, 11) is 0. The predicted octanol–water partition coefficient (Wildman–Crippen LogP) is 1.48. The Hall–Kier alpha value is -1.49. The van der Waals surface area contributed by atoms with Crippen LogP contribution >= 0.6 is 0 Å². The van der Waals surface area contributed by atoms with Gasteiger partial charge in [-0.1, -0.05) is 0 Å². The Morgan fingerprint density at radius 1 is 1.05 bits per heavy atom. The second kappa shape index (κ2) is 4.89. The fourth-order valence-electron chi connectivity index (χ4n) is 3.30. The standard InChI is InChI=1S/C14H16F2N2O/c15-13-1-10(2-14(16)3-13)4-17-5-11-7-18(9-19)8-12(11)6-17/h1-3,9,11-12H,4-8H2. The fourth-order valence-corrected chi connectivity index (χ4v) is 3.30. The summed E-state index contributed by atoms with van der Waals surface area (Å²) in [4.78, 5) is 14.7. The highest BCUT2D eigenvalue weighted by molar-refractivity contribution is 5.47. The van der Waals surface area contributed by atoms with Crippen molar-refractivity contribution in [3.8, 4) is 0 Å². The second-order valence-electron chi connectivity index (χ2n) is 5.55. The van der Waals surface area contributed by atoms with E-state index in [0.29, 0.717) is 23.9 Å². The number of carbonyl (C=O) groups is 1. The van der Waals surface area contributed by atoms with Crippen molar-refractivity contribution in [2.45, 2.75) is 6.54 Å². The lowest BCUT2D eigenvalue weighted by atomic mass is 10.0. The quantitative estimate of drug-likeness (QED) is 0.774. The smallest absolute Gasteiger partial charge is 0.209 e. The minimum absolute atomic E-state index is 0.503. The van der Waals surface area contributed by atoms with Crippen molar-refractivity contribution in [2.75, 3.05) is 26.2 Å². The zero-order valence-electron chi connectivity index (χ0n) is 10.6. The maximum Gasteiger partial charge on any atom is 0.209 e. The third kappa shape index (κ3) is 2.61. The molecule has 19 heavy (non-hydrogen) atoms. The minimum Gasteiger partial charge on any atom is -0.345 e. The molecule has 1 aromatic carbocycles. The van der Waals surface area contributed by atoms with E-state index in [9.17, 15) is 13.6 Å². The summed E-state index contributed by atoms with van der Waals surface area (Å²) in [6, 6.07) is 3.66. The molecule has 2 aliphatic heterocycles. The van der Waals surface area contributed by atoms with E-state index in [2.05, 4.69) is 4.90 Å². The SMILES string of the molecule is O=CN1CC2CN(Cc3cc(F)cc(F)c3)CC2C1. The maximum atomic E-state index is 13.1. The molecule has 1 aromatic rings. The van der Waals surface area contributed by atoms with Gasteiger partial charge in [0.05, 0.1) is 0 Å². The van der Waals surface area contributed by atoms with Crippen molar-refractivity contribution in [2.24, 2.45) is 11.8 Å². The van der Waals surface area contributed by atoms with Gasteiger partial charge in [-0.15, -0.1) is 0 Å². The van der Waals surface area contributed by atoms with E-state index < -0.39 is 11.6 Å². The molecular weight excluding hydrogens is 250 g/mol. The Balaban J connectivity index is 1.62. The molecule has 0 saturated carbocycles. The van der Waals surface area contributed by atoms with E-state index in [1.165, 1.54) is 12.1 Å². The van der Waals surface area contributed by atoms with Gasteiger partial charge in [0.15, 0.2) is 0 Å². The van der Waals surface area contributed by atoms with Crippen LogP contribution in [0.25, 0.3) is 0 Å². The van der Waals surface area contributed by atoms with Crippen molar-refractivity contribution in [3.63, 3.8) is 0 Å². The number of carbonyl (C=O) groups excluding carboxylic acids is 1. The summed E-state index contributed by atoms with van der Waals surface area (Å²) in [6.07, 6.45) is 0.907. The fraction of sp³-hybridized carbons (Fsp3) is 0.500. The number of hydrogen-bond acceptors (Lipinski definition) is 2. The van der Waals surface area contributed by atoms with Gasteiger partial charge in [0.25, 0.3) is 0 Å². The molecule has 0 aliphatic carbocycles. The van der Waals surface area contributed by atoms with Gasteiger partial charge in [0.2, 0.25) is 6.41 Å². The lowest BCUT2D eigenvalue weighted by Crippen LogP contribution is -2.27. The number of amides is 1. The van der Waals surface area contributed by atoms with Crippen LogP contribution in [0.3, 0.4) is 0 Å². The van der Waals surface area contributed by atoms with Crippen LogP contribution < -0.4 is 0 Å². The third-order valence-electron chi connectivity index (χ3n) is 4.07. The molecule has 2 saturated heterocycles. The summed E-state index contributed by atoms with van der Waals surface area (Å²) in [5.74, 6) is -0.0461. The van der Waals surface area contributed by atoms with Gasteiger partial charge in [-0.2, -0.15) is 0 Å². The van der Waals surface area contributed by atoms with Gasteiger partial charge in [-0.25, -0.2) is 8.78 Å². The first-order valence-corrected chi connectivity index (χ1v) is 6.50. The van der Waals surface area contributed by atoms with E-state index in [1.807, 2.05) is 4.90 Å². The Labute approximate surface area is 110 Å². The van der Waals surface area contributed by atoms with Gasteiger partial charge in [-0.3, -0.25) is 9.69 Å².